The van der Waals surface area contributed by atoms with Crippen molar-refractivity contribution < 1.29 is 23.9 Å². The predicted octanol–water partition coefficient (Wildman–Crippen LogP) is -0.633. The molecule has 0 spiro atoms. The Hall–Kier alpha value is -0.420. The number of amides is 1. The minimum absolute atomic E-state index is 0.147. The van der Waals surface area contributed by atoms with Gasteiger partial charge in [0.15, 0.2) is 0 Å². The number of nitrogens with zero attached hydrogens (tertiary/aromatic N) is 1. The number of aliphatic hydroxyl groups is 1. The molecule has 14 heavy (non-hydrogen) atoms. The van der Waals surface area contributed by atoms with E-state index in [2.05, 4.69) is 0 Å². The lowest BCUT2D eigenvalue weighted by Crippen LogP contribution is -2.36. The van der Waals surface area contributed by atoms with Crippen LogP contribution in [0.1, 0.15) is 13.3 Å². The van der Waals surface area contributed by atoms with Gasteiger partial charge in [-0.05, 0) is 6.42 Å². The molecule has 6 nitrogen and oxygen atoms in total. The van der Waals surface area contributed by atoms with Crippen molar-refractivity contribution in [1.29, 1.82) is 0 Å². The van der Waals surface area contributed by atoms with Crippen molar-refractivity contribution in [2.24, 2.45) is 0 Å². The van der Waals surface area contributed by atoms with Crippen LogP contribution in [0.15, 0.2) is 0 Å². The Bertz CT molecular complexity index is 246. The first kappa shape index (κ1) is 11.7. The van der Waals surface area contributed by atoms with Crippen LogP contribution in [0.2, 0.25) is 0 Å². The van der Waals surface area contributed by atoms with Crippen molar-refractivity contribution in [3.8, 4) is 0 Å². The molecule has 0 aromatic rings. The van der Waals surface area contributed by atoms with Gasteiger partial charge in [-0.3, -0.25) is 9.36 Å². The molecule has 1 fully saturated rings. The Morgan fingerprint density at radius 2 is 2.36 bits per heavy atom. The van der Waals surface area contributed by atoms with Crippen LogP contribution < -0.4 is 0 Å². The summed E-state index contributed by atoms with van der Waals surface area (Å²) in [5.41, 5.74) is 0. The summed E-state index contributed by atoms with van der Waals surface area (Å²) in [6.07, 6.45) is -0.0278. The van der Waals surface area contributed by atoms with Crippen molar-refractivity contribution in [2.45, 2.75) is 25.5 Å². The molecule has 1 amide bonds. The molecular weight excluding hydrogens is 209 g/mol. The van der Waals surface area contributed by atoms with Crippen molar-refractivity contribution in [1.82, 2.24) is 4.90 Å². The lowest BCUT2D eigenvalue weighted by Gasteiger charge is -2.20. The Morgan fingerprint density at radius 1 is 1.71 bits per heavy atom. The largest absolute Gasteiger partial charge is 0.394 e. The molecule has 7 heteroatoms. The average Bonchev–Trinajstić information content (AvgIpc) is 2.46. The molecule has 0 aromatic heterocycles. The number of rotatable bonds is 3. The van der Waals surface area contributed by atoms with E-state index in [1.54, 1.807) is 0 Å². The molecule has 1 aliphatic rings. The second-order valence-corrected chi connectivity index (χ2v) is 4.02. The zero-order valence-electron chi connectivity index (χ0n) is 7.84. The first-order chi connectivity index (χ1) is 6.54. The zero-order chi connectivity index (χ0) is 10.7. The summed E-state index contributed by atoms with van der Waals surface area (Å²) >= 11 is 0. The predicted molar refractivity (Wildman–Crippen MR) is 49.0 cm³/mol. The summed E-state index contributed by atoms with van der Waals surface area (Å²) in [6.45, 7) is 1.52. The number of hydrogen-bond donors (Lipinski definition) is 2. The highest BCUT2D eigenvalue weighted by atomic mass is 31.1. The molecule has 0 aliphatic carbocycles. The van der Waals surface area contributed by atoms with Crippen LogP contribution in [0.3, 0.4) is 0 Å². The van der Waals surface area contributed by atoms with Gasteiger partial charge in [-0.2, -0.15) is 0 Å². The van der Waals surface area contributed by atoms with Gasteiger partial charge in [0.25, 0.3) is 0 Å². The number of aliphatic hydroxyl groups excluding tert-OH is 1. The summed E-state index contributed by atoms with van der Waals surface area (Å²) in [5.74, 6) is -0.159. The van der Waals surface area contributed by atoms with E-state index in [0.29, 0.717) is 6.42 Å². The maximum absolute atomic E-state index is 11.1. The van der Waals surface area contributed by atoms with Gasteiger partial charge in [0.05, 0.1) is 18.8 Å². The van der Waals surface area contributed by atoms with Gasteiger partial charge >= 0.3 is 8.25 Å². The monoisotopic (exact) mass is 223 g/mol. The van der Waals surface area contributed by atoms with Crippen molar-refractivity contribution in [3.63, 3.8) is 0 Å². The molecule has 1 saturated heterocycles. The smallest absolute Gasteiger partial charge is 0.316 e. The molecule has 0 radical (unpaired) electrons. The summed E-state index contributed by atoms with van der Waals surface area (Å²) in [6, 6.07) is -0.293. The van der Waals surface area contributed by atoms with Crippen molar-refractivity contribution >= 4 is 14.2 Å². The fourth-order valence-corrected chi connectivity index (χ4v) is 2.12. The van der Waals surface area contributed by atoms with Gasteiger partial charge in [0.2, 0.25) is 5.91 Å². The van der Waals surface area contributed by atoms with Crippen LogP contribution in [0.25, 0.3) is 0 Å². The third-order valence-corrected chi connectivity index (χ3v) is 2.79. The summed E-state index contributed by atoms with van der Waals surface area (Å²) in [5, 5.41) is 8.96. The van der Waals surface area contributed by atoms with E-state index >= 15 is 0 Å². The van der Waals surface area contributed by atoms with E-state index in [9.17, 15) is 9.36 Å². The van der Waals surface area contributed by atoms with Crippen molar-refractivity contribution in [2.75, 3.05) is 13.2 Å². The molecule has 1 aliphatic heterocycles. The second-order valence-electron chi connectivity index (χ2n) is 3.25. The molecular formula is C7H14NO5P. The Morgan fingerprint density at radius 3 is 2.71 bits per heavy atom. The normalized spacial score (nSPS) is 29.2. The minimum atomic E-state index is -2.97. The maximum atomic E-state index is 11.1. The van der Waals surface area contributed by atoms with Gasteiger partial charge in [0, 0.05) is 13.5 Å². The highest BCUT2D eigenvalue weighted by Crippen LogP contribution is 2.27. The third-order valence-electron chi connectivity index (χ3n) is 2.26. The van der Waals surface area contributed by atoms with E-state index in [0.717, 1.165) is 0 Å². The SMILES string of the molecule is CC(=O)N1CC(O[PH](=O)O)C[C@H]1CO. The lowest BCUT2D eigenvalue weighted by molar-refractivity contribution is -0.130. The van der Waals surface area contributed by atoms with E-state index in [-0.39, 0.29) is 25.1 Å². The highest BCUT2D eigenvalue weighted by molar-refractivity contribution is 7.32. The van der Waals surface area contributed by atoms with E-state index in [1.807, 2.05) is 0 Å². The fraction of sp³-hybridized carbons (Fsp3) is 0.857. The Labute approximate surface area is 82.4 Å². The summed E-state index contributed by atoms with van der Waals surface area (Å²) < 4.78 is 15.1. The standard InChI is InChI=1S/C7H14NO5P/c1-5(10)8-3-7(13-14(11)12)2-6(8)4-9/h6-7,9,14H,2-4H2,1H3,(H,11,12)/t6-,7?/m0/s1. The quantitative estimate of drug-likeness (QED) is 0.622. The van der Waals surface area contributed by atoms with Gasteiger partial charge < -0.3 is 19.4 Å². The zero-order valence-corrected chi connectivity index (χ0v) is 8.84. The van der Waals surface area contributed by atoms with Crippen LogP contribution in [0, 0.1) is 0 Å². The van der Waals surface area contributed by atoms with Gasteiger partial charge in [-0.1, -0.05) is 0 Å². The molecule has 1 rings (SSSR count). The summed E-state index contributed by atoms with van der Waals surface area (Å²) in [7, 11) is -2.97. The van der Waals surface area contributed by atoms with E-state index in [4.69, 9.17) is 14.5 Å². The first-order valence-electron chi connectivity index (χ1n) is 4.32. The fourth-order valence-electron chi connectivity index (χ4n) is 1.66. The van der Waals surface area contributed by atoms with Crippen LogP contribution >= 0.6 is 8.25 Å². The first-order valence-corrected chi connectivity index (χ1v) is 5.58. The van der Waals surface area contributed by atoms with Crippen LogP contribution in [-0.2, 0) is 13.9 Å². The Balaban J connectivity index is 2.56. The van der Waals surface area contributed by atoms with Gasteiger partial charge in [-0.25, -0.2) is 0 Å². The van der Waals surface area contributed by atoms with Crippen LogP contribution in [0.5, 0.6) is 0 Å². The minimum Gasteiger partial charge on any atom is -0.394 e. The second kappa shape index (κ2) is 4.89. The molecule has 2 unspecified atom stereocenters. The number of likely N-dealkylation sites (tertiary alicyclic amines) is 1. The number of carbonyl (C=O) groups is 1. The summed E-state index contributed by atoms with van der Waals surface area (Å²) in [4.78, 5) is 21.1. The van der Waals surface area contributed by atoms with Gasteiger partial charge in [-0.15, -0.1) is 0 Å². The van der Waals surface area contributed by atoms with Gasteiger partial charge in [0.1, 0.15) is 0 Å². The molecule has 0 saturated carbocycles. The van der Waals surface area contributed by atoms with Crippen LogP contribution in [-0.4, -0.2) is 46.1 Å². The van der Waals surface area contributed by atoms with Crippen LogP contribution in [0.4, 0.5) is 0 Å². The van der Waals surface area contributed by atoms with E-state index in [1.165, 1.54) is 11.8 Å². The Kier molecular flexibility index (Phi) is 4.07. The molecule has 2 N–H and O–H groups in total. The topological polar surface area (TPSA) is 87.1 Å². The molecule has 0 bridgehead atoms. The molecule has 1 heterocycles. The van der Waals surface area contributed by atoms with E-state index < -0.39 is 14.4 Å². The number of hydrogen-bond acceptors (Lipinski definition) is 4. The molecule has 3 atom stereocenters. The van der Waals surface area contributed by atoms with Crippen molar-refractivity contribution in [3.05, 3.63) is 0 Å². The highest BCUT2D eigenvalue weighted by Gasteiger charge is 2.34. The molecule has 82 valence electrons. The number of carbonyl (C=O) groups excluding carboxylic acids is 1. The maximum Gasteiger partial charge on any atom is 0.316 e. The average molecular weight is 223 g/mol. The molecule has 0 aromatic carbocycles. The third kappa shape index (κ3) is 2.78. The lowest BCUT2D eigenvalue weighted by atomic mass is 10.2.